The summed E-state index contributed by atoms with van der Waals surface area (Å²) >= 11 is 12.6. The van der Waals surface area contributed by atoms with E-state index in [0.29, 0.717) is 58.6 Å². The summed E-state index contributed by atoms with van der Waals surface area (Å²) in [5.74, 6) is -0.239. The van der Waals surface area contributed by atoms with Crippen molar-refractivity contribution in [2.45, 2.75) is 18.8 Å². The molecule has 1 aliphatic rings. The number of hydrogen-bond donors (Lipinski definition) is 1. The molecule has 0 saturated carbocycles. The minimum atomic E-state index is -0.890. The second-order valence-corrected chi connectivity index (χ2v) is 10.0. The summed E-state index contributed by atoms with van der Waals surface area (Å²) in [6.45, 7) is 0.598. The Balaban J connectivity index is 1.34. The van der Waals surface area contributed by atoms with Crippen molar-refractivity contribution in [1.82, 2.24) is 5.06 Å². The van der Waals surface area contributed by atoms with Crippen LogP contribution in [0.15, 0.2) is 91.0 Å². The first-order valence-corrected chi connectivity index (χ1v) is 13.4. The van der Waals surface area contributed by atoms with Gasteiger partial charge in [0, 0.05) is 28.3 Å². The summed E-state index contributed by atoms with van der Waals surface area (Å²) in [5.41, 5.74) is 1.97. The van der Waals surface area contributed by atoms with Gasteiger partial charge < -0.3 is 19.4 Å². The minimum Gasteiger partial charge on any atom is -0.493 e. The SMILES string of the molecule is O=C(O)C1CCOc2cc(Oc3ccc(C(=O)N(CCc4ccccc4)Oc4cccc(Cl)c4)cc3Cl)ccc21. The molecule has 0 saturated heterocycles. The molecule has 4 aromatic carbocycles. The Bertz CT molecular complexity index is 1530. The van der Waals surface area contributed by atoms with Gasteiger partial charge in [0.15, 0.2) is 5.75 Å². The third kappa shape index (κ3) is 6.50. The van der Waals surface area contributed by atoms with Crippen LogP contribution in [0.4, 0.5) is 0 Å². The normalized spacial score (nSPS) is 14.0. The van der Waals surface area contributed by atoms with E-state index in [1.807, 2.05) is 30.3 Å². The van der Waals surface area contributed by atoms with Crippen LogP contribution >= 0.6 is 23.2 Å². The molecule has 0 aliphatic carbocycles. The topological polar surface area (TPSA) is 85.3 Å². The number of nitrogens with zero attached hydrogens (tertiary/aromatic N) is 1. The summed E-state index contributed by atoms with van der Waals surface area (Å²) in [6.07, 6.45) is 0.985. The van der Waals surface area contributed by atoms with E-state index < -0.39 is 11.9 Å². The number of carboxylic acids is 1. The maximum Gasteiger partial charge on any atom is 0.311 e. The number of amides is 1. The van der Waals surface area contributed by atoms with Gasteiger partial charge in [-0.25, -0.2) is 0 Å². The van der Waals surface area contributed by atoms with Gasteiger partial charge in [-0.2, -0.15) is 5.06 Å². The first kappa shape index (κ1) is 27.4. The molecule has 7 nitrogen and oxygen atoms in total. The van der Waals surface area contributed by atoms with E-state index in [9.17, 15) is 14.7 Å². The fraction of sp³-hybridized carbons (Fsp3) is 0.161. The van der Waals surface area contributed by atoms with Crippen molar-refractivity contribution >= 4 is 35.1 Å². The molecule has 4 aromatic rings. The molecule has 40 heavy (non-hydrogen) atoms. The minimum absolute atomic E-state index is 0.221. The predicted octanol–water partition coefficient (Wildman–Crippen LogP) is 7.42. The number of hydroxylamine groups is 2. The molecule has 0 radical (unpaired) electrons. The number of ether oxygens (including phenoxy) is 2. The average molecular weight is 578 g/mol. The van der Waals surface area contributed by atoms with E-state index in [0.717, 1.165) is 5.56 Å². The van der Waals surface area contributed by atoms with E-state index in [-0.39, 0.29) is 17.5 Å². The van der Waals surface area contributed by atoms with Crippen LogP contribution in [0.5, 0.6) is 23.0 Å². The van der Waals surface area contributed by atoms with Crippen LogP contribution in [0, 0.1) is 0 Å². The van der Waals surface area contributed by atoms with E-state index >= 15 is 0 Å². The van der Waals surface area contributed by atoms with Crippen molar-refractivity contribution in [2.75, 3.05) is 13.2 Å². The van der Waals surface area contributed by atoms with Crippen LogP contribution in [0.2, 0.25) is 10.0 Å². The predicted molar refractivity (Wildman–Crippen MR) is 152 cm³/mol. The van der Waals surface area contributed by atoms with Crippen LogP contribution in [-0.4, -0.2) is 35.2 Å². The number of carboxylic acid groups (broad SMARTS) is 1. The van der Waals surface area contributed by atoms with Gasteiger partial charge in [0.25, 0.3) is 5.91 Å². The molecule has 1 N–H and O–H groups in total. The van der Waals surface area contributed by atoms with Crippen LogP contribution in [0.1, 0.15) is 33.8 Å². The highest BCUT2D eigenvalue weighted by Crippen LogP contribution is 2.38. The molecule has 1 aliphatic heterocycles. The quantitative estimate of drug-likeness (QED) is 0.208. The number of rotatable bonds is 9. The van der Waals surface area contributed by atoms with Gasteiger partial charge in [-0.1, -0.05) is 65.7 Å². The molecule has 0 fully saturated rings. The van der Waals surface area contributed by atoms with Crippen LogP contribution < -0.4 is 14.3 Å². The highest BCUT2D eigenvalue weighted by molar-refractivity contribution is 6.32. The number of carbonyl (C=O) groups is 2. The summed E-state index contributed by atoms with van der Waals surface area (Å²) in [4.78, 5) is 31.0. The lowest BCUT2D eigenvalue weighted by Crippen LogP contribution is -2.36. The summed E-state index contributed by atoms with van der Waals surface area (Å²) in [7, 11) is 0. The molecule has 9 heteroatoms. The Morgan fingerprint density at radius 2 is 1.75 bits per heavy atom. The van der Waals surface area contributed by atoms with Gasteiger partial charge in [0.2, 0.25) is 0 Å². The van der Waals surface area contributed by atoms with Crippen molar-refractivity contribution in [3.63, 3.8) is 0 Å². The number of aliphatic carboxylic acids is 1. The average Bonchev–Trinajstić information content (AvgIpc) is 2.96. The fourth-order valence-corrected chi connectivity index (χ4v) is 4.79. The maximum atomic E-state index is 13.5. The van der Waals surface area contributed by atoms with E-state index in [1.165, 1.54) is 11.1 Å². The third-order valence-corrected chi connectivity index (χ3v) is 6.94. The molecule has 5 rings (SSSR count). The Hall–Kier alpha value is -4.20. The van der Waals surface area contributed by atoms with Crippen molar-refractivity contribution in [2.24, 2.45) is 0 Å². The molecule has 0 spiro atoms. The van der Waals surface area contributed by atoms with E-state index in [2.05, 4.69) is 0 Å². The van der Waals surface area contributed by atoms with Crippen LogP contribution in [-0.2, 0) is 11.2 Å². The van der Waals surface area contributed by atoms with Crippen LogP contribution in [0.3, 0.4) is 0 Å². The van der Waals surface area contributed by atoms with Gasteiger partial charge in [-0.15, -0.1) is 0 Å². The lowest BCUT2D eigenvalue weighted by molar-refractivity contribution is -0.139. The largest absolute Gasteiger partial charge is 0.493 e. The highest BCUT2D eigenvalue weighted by atomic mass is 35.5. The molecule has 204 valence electrons. The summed E-state index contributed by atoms with van der Waals surface area (Å²) < 4.78 is 11.6. The number of hydrogen-bond acceptors (Lipinski definition) is 5. The van der Waals surface area contributed by atoms with Gasteiger partial charge in [-0.05, 0) is 54.8 Å². The molecule has 1 atom stereocenters. The Morgan fingerprint density at radius 1 is 0.925 bits per heavy atom. The van der Waals surface area contributed by atoms with Gasteiger partial charge >= 0.3 is 5.97 Å². The zero-order chi connectivity index (χ0) is 28.1. The monoisotopic (exact) mass is 577 g/mol. The van der Waals surface area contributed by atoms with Crippen molar-refractivity contribution in [3.8, 4) is 23.0 Å². The number of halogens is 2. The van der Waals surface area contributed by atoms with E-state index in [4.69, 9.17) is 37.5 Å². The summed E-state index contributed by atoms with van der Waals surface area (Å²) in [6, 6.07) is 26.3. The van der Waals surface area contributed by atoms with Gasteiger partial charge in [0.1, 0.15) is 17.2 Å². The number of fused-ring (bicyclic) bond motifs is 1. The lowest BCUT2D eigenvalue weighted by Gasteiger charge is -2.24. The first-order chi connectivity index (χ1) is 19.4. The van der Waals surface area contributed by atoms with Crippen molar-refractivity contribution in [1.29, 1.82) is 0 Å². The van der Waals surface area contributed by atoms with E-state index in [1.54, 1.807) is 54.6 Å². The molecule has 1 amide bonds. The molecule has 0 aromatic heterocycles. The molecule has 0 bridgehead atoms. The second-order valence-electron chi connectivity index (χ2n) is 9.17. The van der Waals surface area contributed by atoms with Crippen molar-refractivity contribution < 1.29 is 29.0 Å². The fourth-order valence-electron chi connectivity index (χ4n) is 4.39. The standard InChI is InChI=1S/C31H25Cl2NO6/c32-22-7-4-8-24(18-22)40-34(15-13-20-5-2-1-3-6-20)30(35)21-9-12-28(27(33)17-21)39-23-10-11-25-26(31(36)37)14-16-38-29(25)19-23/h1-12,17-19,26H,13-16H2,(H,36,37). The zero-order valence-corrected chi connectivity index (χ0v) is 22.8. The Labute approximate surface area is 241 Å². The molecule has 1 heterocycles. The first-order valence-electron chi connectivity index (χ1n) is 12.6. The molecule has 1 unspecified atom stereocenters. The van der Waals surface area contributed by atoms with Crippen LogP contribution in [0.25, 0.3) is 0 Å². The summed E-state index contributed by atoms with van der Waals surface area (Å²) in [5, 5.41) is 11.5. The molecular formula is C31H25Cl2NO6. The maximum absolute atomic E-state index is 13.5. The Morgan fingerprint density at radius 3 is 2.50 bits per heavy atom. The number of benzene rings is 4. The number of carbonyl (C=O) groups excluding carboxylic acids is 1. The third-order valence-electron chi connectivity index (χ3n) is 6.41. The second kappa shape index (κ2) is 12.3. The van der Waals surface area contributed by atoms with Crippen molar-refractivity contribution in [3.05, 3.63) is 118 Å². The Kier molecular flexibility index (Phi) is 8.43. The van der Waals surface area contributed by atoms with Gasteiger partial charge in [0.05, 0.1) is 24.1 Å². The van der Waals surface area contributed by atoms with Gasteiger partial charge in [-0.3, -0.25) is 9.59 Å². The molecular weight excluding hydrogens is 553 g/mol. The smallest absolute Gasteiger partial charge is 0.311 e. The zero-order valence-electron chi connectivity index (χ0n) is 21.3. The highest BCUT2D eigenvalue weighted by Gasteiger charge is 2.28. The lowest BCUT2D eigenvalue weighted by atomic mass is 9.93.